The zero-order valence-corrected chi connectivity index (χ0v) is 11.3. The van der Waals surface area contributed by atoms with Crippen LogP contribution in [0.1, 0.15) is 5.56 Å². The molecule has 0 saturated carbocycles. The van der Waals surface area contributed by atoms with Crippen LogP contribution in [0.3, 0.4) is 0 Å². The summed E-state index contributed by atoms with van der Waals surface area (Å²) in [5, 5.41) is 0.861. The fourth-order valence-corrected chi connectivity index (χ4v) is 2.06. The van der Waals surface area contributed by atoms with Crippen molar-refractivity contribution >= 4 is 22.6 Å². The molecule has 21 heavy (non-hydrogen) atoms. The van der Waals surface area contributed by atoms with Crippen molar-refractivity contribution in [2.24, 2.45) is 0 Å². The Kier molecular flexibility index (Phi) is 3.73. The van der Waals surface area contributed by atoms with Crippen LogP contribution >= 0.6 is 0 Å². The molecule has 0 aliphatic rings. The molecule has 0 spiro atoms. The third-order valence-corrected chi connectivity index (χ3v) is 3.07. The molecule has 1 heterocycles. The van der Waals surface area contributed by atoms with E-state index in [9.17, 15) is 4.79 Å². The quantitative estimate of drug-likeness (QED) is 0.719. The molecule has 0 unspecified atom stereocenters. The average Bonchev–Trinajstić information content (AvgIpc) is 2.54. The number of fused-ring (bicyclic) bond motifs is 1. The van der Waals surface area contributed by atoms with Crippen molar-refractivity contribution in [1.29, 1.82) is 0 Å². The maximum atomic E-state index is 11.9. The van der Waals surface area contributed by atoms with E-state index >= 15 is 0 Å². The largest absolute Gasteiger partial charge is 0.281 e. The van der Waals surface area contributed by atoms with Gasteiger partial charge in [-0.1, -0.05) is 42.5 Å². The van der Waals surface area contributed by atoms with Gasteiger partial charge in [-0.05, 0) is 17.7 Å². The number of nitrogens with one attached hydrogen (secondary N) is 2. The molecular formula is C16H14N4O. The fraction of sp³-hybridized carbons (Fsp3) is 0.0625. The first-order chi connectivity index (χ1) is 10.3. The lowest BCUT2D eigenvalue weighted by atomic mass is 10.1. The van der Waals surface area contributed by atoms with Gasteiger partial charge in [0.05, 0.1) is 11.9 Å². The van der Waals surface area contributed by atoms with E-state index in [2.05, 4.69) is 20.8 Å². The van der Waals surface area contributed by atoms with Crippen molar-refractivity contribution in [1.82, 2.24) is 15.4 Å². The van der Waals surface area contributed by atoms with E-state index in [4.69, 9.17) is 0 Å². The van der Waals surface area contributed by atoms with E-state index in [1.165, 1.54) is 6.33 Å². The Bertz CT molecular complexity index is 753. The van der Waals surface area contributed by atoms with Crippen LogP contribution in [0.4, 0.5) is 5.82 Å². The van der Waals surface area contributed by atoms with Crippen LogP contribution < -0.4 is 10.9 Å². The predicted molar refractivity (Wildman–Crippen MR) is 81.4 cm³/mol. The molecule has 0 radical (unpaired) electrons. The second-order valence-electron chi connectivity index (χ2n) is 4.57. The lowest BCUT2D eigenvalue weighted by Gasteiger charge is -2.09. The monoisotopic (exact) mass is 278 g/mol. The molecule has 0 aliphatic carbocycles. The predicted octanol–water partition coefficient (Wildman–Crippen LogP) is 2.32. The lowest BCUT2D eigenvalue weighted by molar-refractivity contribution is -0.119. The third kappa shape index (κ3) is 3.14. The van der Waals surface area contributed by atoms with Crippen molar-refractivity contribution in [3.63, 3.8) is 0 Å². The number of nitrogens with zero attached hydrogens (tertiary/aromatic N) is 2. The number of hydrogen-bond donors (Lipinski definition) is 2. The molecule has 0 atom stereocenters. The van der Waals surface area contributed by atoms with Crippen molar-refractivity contribution in [3.8, 4) is 0 Å². The Morgan fingerprint density at radius 1 is 0.952 bits per heavy atom. The molecule has 0 fully saturated rings. The molecule has 5 heteroatoms. The summed E-state index contributed by atoms with van der Waals surface area (Å²) >= 11 is 0. The maximum Gasteiger partial charge on any atom is 0.242 e. The summed E-state index contributed by atoms with van der Waals surface area (Å²) in [6, 6.07) is 17.2. The molecule has 0 bridgehead atoms. The highest BCUT2D eigenvalue weighted by Gasteiger charge is 2.05. The van der Waals surface area contributed by atoms with Gasteiger partial charge >= 0.3 is 0 Å². The number of para-hydroxylation sites is 1. The molecule has 3 aromatic rings. The summed E-state index contributed by atoms with van der Waals surface area (Å²) in [4.78, 5) is 20.2. The Morgan fingerprint density at radius 2 is 1.71 bits per heavy atom. The van der Waals surface area contributed by atoms with Crippen molar-refractivity contribution in [2.45, 2.75) is 6.42 Å². The van der Waals surface area contributed by atoms with Gasteiger partial charge < -0.3 is 0 Å². The van der Waals surface area contributed by atoms with Crippen molar-refractivity contribution in [3.05, 3.63) is 66.5 Å². The van der Waals surface area contributed by atoms with Crippen LogP contribution in [-0.4, -0.2) is 15.9 Å². The Morgan fingerprint density at radius 3 is 2.57 bits per heavy atom. The molecule has 0 aliphatic heterocycles. The summed E-state index contributed by atoms with van der Waals surface area (Å²) < 4.78 is 0. The average molecular weight is 278 g/mol. The number of amides is 1. The van der Waals surface area contributed by atoms with Gasteiger partial charge in [-0.2, -0.15) is 0 Å². The summed E-state index contributed by atoms with van der Waals surface area (Å²) in [5.74, 6) is 0.464. The highest BCUT2D eigenvalue weighted by Crippen LogP contribution is 2.17. The number of benzene rings is 2. The summed E-state index contributed by atoms with van der Waals surface area (Å²) in [6.45, 7) is 0. The van der Waals surface area contributed by atoms with Gasteiger partial charge in [-0.3, -0.25) is 15.6 Å². The topological polar surface area (TPSA) is 66.9 Å². The molecule has 3 rings (SSSR count). The first kappa shape index (κ1) is 13.1. The minimum absolute atomic E-state index is 0.121. The van der Waals surface area contributed by atoms with Crippen molar-refractivity contribution < 1.29 is 4.79 Å². The van der Waals surface area contributed by atoms with Gasteiger partial charge in [0.1, 0.15) is 6.33 Å². The van der Waals surface area contributed by atoms with E-state index in [-0.39, 0.29) is 5.91 Å². The zero-order chi connectivity index (χ0) is 14.5. The van der Waals surface area contributed by atoms with Crippen molar-refractivity contribution in [2.75, 3.05) is 5.43 Å². The Labute approximate surface area is 122 Å². The molecule has 0 saturated heterocycles. The van der Waals surface area contributed by atoms with Gasteiger partial charge in [0.2, 0.25) is 5.91 Å². The van der Waals surface area contributed by atoms with Gasteiger partial charge in [0, 0.05) is 5.39 Å². The fourth-order valence-electron chi connectivity index (χ4n) is 2.06. The SMILES string of the molecule is O=C(Cc1ccccc1)NNc1ncnc2ccccc12. The van der Waals surface area contributed by atoms with E-state index < -0.39 is 0 Å². The Balaban J connectivity index is 1.68. The number of anilines is 1. The van der Waals surface area contributed by atoms with E-state index in [1.54, 1.807) is 0 Å². The van der Waals surface area contributed by atoms with Gasteiger partial charge in [0.25, 0.3) is 0 Å². The summed E-state index contributed by atoms with van der Waals surface area (Å²) in [7, 11) is 0. The van der Waals surface area contributed by atoms with Crippen LogP contribution in [0.5, 0.6) is 0 Å². The number of carbonyl (C=O) groups excluding carboxylic acids is 1. The van der Waals surface area contributed by atoms with Gasteiger partial charge in [-0.25, -0.2) is 9.97 Å². The van der Waals surface area contributed by atoms with Crippen LogP contribution in [0.15, 0.2) is 60.9 Å². The smallest absolute Gasteiger partial charge is 0.242 e. The van der Waals surface area contributed by atoms with Gasteiger partial charge in [0.15, 0.2) is 5.82 Å². The standard InChI is InChI=1S/C16H14N4O/c21-15(10-12-6-2-1-3-7-12)19-20-16-13-8-4-5-9-14(13)17-11-18-16/h1-9,11H,10H2,(H,19,21)(H,17,18,20). The number of hydrazine groups is 1. The molecule has 1 amide bonds. The molecule has 2 N–H and O–H groups in total. The van der Waals surface area contributed by atoms with E-state index in [0.29, 0.717) is 12.2 Å². The molecule has 104 valence electrons. The van der Waals surface area contributed by atoms with Gasteiger partial charge in [-0.15, -0.1) is 0 Å². The maximum absolute atomic E-state index is 11.9. The van der Waals surface area contributed by atoms with E-state index in [0.717, 1.165) is 16.5 Å². The first-order valence-corrected chi connectivity index (χ1v) is 6.61. The second kappa shape index (κ2) is 6.00. The molecule has 5 nitrogen and oxygen atoms in total. The van der Waals surface area contributed by atoms with Crippen LogP contribution in [0.25, 0.3) is 10.9 Å². The minimum atomic E-state index is -0.121. The third-order valence-electron chi connectivity index (χ3n) is 3.07. The second-order valence-corrected chi connectivity index (χ2v) is 4.57. The minimum Gasteiger partial charge on any atom is -0.281 e. The Hall–Kier alpha value is -2.95. The number of hydrogen-bond acceptors (Lipinski definition) is 4. The molecule has 2 aromatic carbocycles. The summed E-state index contributed by atoms with van der Waals surface area (Å²) in [6.07, 6.45) is 1.78. The number of carbonyl (C=O) groups is 1. The van der Waals surface area contributed by atoms with E-state index in [1.807, 2.05) is 54.6 Å². The zero-order valence-electron chi connectivity index (χ0n) is 11.3. The summed E-state index contributed by atoms with van der Waals surface area (Å²) in [5.41, 5.74) is 7.31. The van der Waals surface area contributed by atoms with Crippen LogP contribution in [-0.2, 0) is 11.2 Å². The van der Waals surface area contributed by atoms with Crippen LogP contribution in [0, 0.1) is 0 Å². The lowest BCUT2D eigenvalue weighted by Crippen LogP contribution is -2.31. The molecule has 1 aromatic heterocycles. The highest BCUT2D eigenvalue weighted by molar-refractivity contribution is 5.89. The number of rotatable bonds is 4. The first-order valence-electron chi connectivity index (χ1n) is 6.61. The van der Waals surface area contributed by atoms with Crippen LogP contribution in [0.2, 0.25) is 0 Å². The normalized spacial score (nSPS) is 10.3. The highest BCUT2D eigenvalue weighted by atomic mass is 16.2. The molecular weight excluding hydrogens is 264 g/mol. The number of aromatic nitrogens is 2.